The van der Waals surface area contributed by atoms with Crippen molar-refractivity contribution in [1.29, 1.82) is 0 Å². The van der Waals surface area contributed by atoms with Gasteiger partial charge in [0, 0.05) is 16.7 Å². The number of nitrogens with zero attached hydrogens (tertiary/aromatic N) is 1. The minimum atomic E-state index is -0.269. The molecule has 0 radical (unpaired) electrons. The third-order valence-electron chi connectivity index (χ3n) is 5.10. The van der Waals surface area contributed by atoms with E-state index >= 15 is 0 Å². The molecule has 0 fully saturated rings. The van der Waals surface area contributed by atoms with E-state index in [0.717, 1.165) is 46.7 Å². The van der Waals surface area contributed by atoms with Gasteiger partial charge < -0.3 is 9.47 Å². The second-order valence-corrected chi connectivity index (χ2v) is 7.85. The molecule has 0 atom stereocenters. The van der Waals surface area contributed by atoms with Crippen molar-refractivity contribution < 1.29 is 14.3 Å². The molecule has 0 saturated carbocycles. The number of Topliss-reactive ketones (excluding diaryl/α,β-unsaturated/α-hetero) is 1. The van der Waals surface area contributed by atoms with Gasteiger partial charge in [-0.1, -0.05) is 31.2 Å². The maximum absolute atomic E-state index is 13.3. The Hall–Kier alpha value is -2.88. The molecule has 2 aromatic rings. The van der Waals surface area contributed by atoms with Crippen molar-refractivity contribution >= 4 is 22.9 Å². The summed E-state index contributed by atoms with van der Waals surface area (Å²) in [5, 5.41) is 0. The molecular weight excluding hydrogens is 350 g/mol. The van der Waals surface area contributed by atoms with Crippen molar-refractivity contribution in [3.63, 3.8) is 0 Å². The number of hydrogen-bond acceptors (Lipinski definition) is 4. The van der Waals surface area contributed by atoms with Crippen LogP contribution in [0.5, 0.6) is 5.75 Å². The molecule has 2 aromatic carbocycles. The molecule has 28 heavy (non-hydrogen) atoms. The summed E-state index contributed by atoms with van der Waals surface area (Å²) >= 11 is 0. The van der Waals surface area contributed by atoms with Crippen LogP contribution in [-0.2, 0) is 9.53 Å². The van der Waals surface area contributed by atoms with E-state index in [9.17, 15) is 4.79 Å². The normalized spacial score (nSPS) is 19.1. The van der Waals surface area contributed by atoms with Crippen LogP contribution >= 0.6 is 0 Å². The summed E-state index contributed by atoms with van der Waals surface area (Å²) < 4.78 is 11.8. The first kappa shape index (κ1) is 18.5. The van der Waals surface area contributed by atoms with Crippen LogP contribution in [0.15, 0.2) is 59.1 Å². The molecule has 2 aliphatic rings. The van der Waals surface area contributed by atoms with Crippen LogP contribution in [0.2, 0.25) is 0 Å². The molecule has 0 N–H and O–H groups in total. The van der Waals surface area contributed by atoms with Gasteiger partial charge in [0.05, 0.1) is 12.3 Å². The fraction of sp³-hybridized carbons (Fsp3) is 0.333. The van der Waals surface area contributed by atoms with Gasteiger partial charge in [-0.3, -0.25) is 4.79 Å². The van der Waals surface area contributed by atoms with Gasteiger partial charge in [0.15, 0.2) is 0 Å². The zero-order chi connectivity index (χ0) is 19.7. The quantitative estimate of drug-likeness (QED) is 0.711. The molecule has 4 nitrogen and oxygen atoms in total. The first-order valence-corrected chi connectivity index (χ1v) is 9.87. The van der Waals surface area contributed by atoms with E-state index in [1.54, 1.807) is 0 Å². The van der Waals surface area contributed by atoms with Crippen LogP contribution in [0.25, 0.3) is 5.76 Å². The lowest BCUT2D eigenvalue weighted by Crippen LogP contribution is -2.34. The van der Waals surface area contributed by atoms with Crippen LogP contribution in [0.3, 0.4) is 0 Å². The molecule has 0 amide bonds. The van der Waals surface area contributed by atoms with Gasteiger partial charge in [-0.25, -0.2) is 4.99 Å². The van der Waals surface area contributed by atoms with Crippen LogP contribution in [0.1, 0.15) is 51.2 Å². The monoisotopic (exact) mass is 375 g/mol. The van der Waals surface area contributed by atoms with Crippen LogP contribution < -0.4 is 4.74 Å². The lowest BCUT2D eigenvalue weighted by Gasteiger charge is -2.36. The molecule has 0 unspecified atom stereocenters. The topological polar surface area (TPSA) is 47.9 Å². The predicted octanol–water partition coefficient (Wildman–Crippen LogP) is 5.48. The fourth-order valence-corrected chi connectivity index (χ4v) is 3.59. The van der Waals surface area contributed by atoms with Gasteiger partial charge in [0.2, 0.25) is 5.78 Å². The third-order valence-corrected chi connectivity index (χ3v) is 5.10. The zero-order valence-electron chi connectivity index (χ0n) is 16.6. The van der Waals surface area contributed by atoms with E-state index in [1.807, 2.05) is 48.5 Å². The Balaban J connectivity index is 1.74. The van der Waals surface area contributed by atoms with Gasteiger partial charge in [-0.05, 0) is 57.4 Å². The number of carbonyl (C=O) groups is 1. The average molecular weight is 375 g/mol. The first-order valence-electron chi connectivity index (χ1n) is 9.87. The van der Waals surface area contributed by atoms with E-state index < -0.39 is 0 Å². The molecule has 4 heteroatoms. The number of benzene rings is 2. The number of hydrogen-bond donors (Lipinski definition) is 0. The summed E-state index contributed by atoms with van der Waals surface area (Å²) in [5.74, 6) is 1.50. The highest BCUT2D eigenvalue weighted by Gasteiger charge is 2.38. The summed E-state index contributed by atoms with van der Waals surface area (Å²) in [7, 11) is 0. The number of rotatable bonds is 4. The molecule has 0 aromatic heterocycles. The second kappa shape index (κ2) is 7.27. The number of carbonyl (C=O) groups excluding carboxylic acids is 1. The number of ketones is 1. The average Bonchev–Trinajstić information content (AvgIpc) is 2.70. The largest absolute Gasteiger partial charge is 0.494 e. The van der Waals surface area contributed by atoms with Gasteiger partial charge in [-0.15, -0.1) is 0 Å². The lowest BCUT2D eigenvalue weighted by molar-refractivity contribution is -0.110. The highest BCUT2D eigenvalue weighted by atomic mass is 16.5. The molecule has 144 valence electrons. The van der Waals surface area contributed by atoms with Crippen LogP contribution in [0.4, 0.5) is 5.69 Å². The Morgan fingerprint density at radius 2 is 1.79 bits per heavy atom. The Labute approximate surface area is 165 Å². The molecular formula is C24H25NO3. The molecule has 0 spiro atoms. The fourth-order valence-electron chi connectivity index (χ4n) is 3.59. The minimum absolute atomic E-state index is 0.0319. The molecule has 1 heterocycles. The predicted molar refractivity (Wildman–Crippen MR) is 111 cm³/mol. The van der Waals surface area contributed by atoms with Crippen LogP contribution in [-0.4, -0.2) is 23.7 Å². The molecule has 4 rings (SSSR count). The van der Waals surface area contributed by atoms with E-state index in [0.29, 0.717) is 18.7 Å². The van der Waals surface area contributed by atoms with Crippen molar-refractivity contribution in [3.05, 3.63) is 65.2 Å². The first-order chi connectivity index (χ1) is 13.5. The molecule has 1 aliphatic heterocycles. The van der Waals surface area contributed by atoms with Crippen molar-refractivity contribution in [2.75, 3.05) is 6.61 Å². The van der Waals surface area contributed by atoms with E-state index in [1.165, 1.54) is 0 Å². The van der Waals surface area contributed by atoms with E-state index in [4.69, 9.17) is 14.5 Å². The highest BCUT2D eigenvalue weighted by Crippen LogP contribution is 2.41. The van der Waals surface area contributed by atoms with Crippen molar-refractivity contribution in [1.82, 2.24) is 0 Å². The maximum Gasteiger partial charge on any atom is 0.211 e. The minimum Gasteiger partial charge on any atom is -0.494 e. The summed E-state index contributed by atoms with van der Waals surface area (Å²) in [6.07, 6.45) is 2.49. The SMILES string of the molecule is CCCOc1ccc(/N=C2/C(=O)C3=C(OC(C)(C)CC3)c3ccccc32)cc1. The van der Waals surface area contributed by atoms with Crippen molar-refractivity contribution in [2.24, 2.45) is 4.99 Å². The summed E-state index contributed by atoms with van der Waals surface area (Å²) in [6.45, 7) is 6.89. The van der Waals surface area contributed by atoms with Gasteiger partial charge in [-0.2, -0.15) is 0 Å². The molecule has 0 saturated heterocycles. The number of aliphatic imine (C=N–C) groups is 1. The van der Waals surface area contributed by atoms with E-state index in [-0.39, 0.29) is 11.4 Å². The standard InChI is InChI=1S/C24H25NO3/c1-4-15-27-17-11-9-16(10-12-17)25-21-18-7-5-6-8-19(18)23-20(22(21)26)13-14-24(2,3)28-23/h5-12H,4,13-15H2,1-3H3/b25-21+. The summed E-state index contributed by atoms with van der Waals surface area (Å²) in [6, 6.07) is 15.4. The zero-order valence-corrected chi connectivity index (χ0v) is 16.6. The lowest BCUT2D eigenvalue weighted by atomic mass is 9.82. The van der Waals surface area contributed by atoms with Gasteiger partial charge in [0.1, 0.15) is 22.8 Å². The Morgan fingerprint density at radius 1 is 1.07 bits per heavy atom. The summed E-state index contributed by atoms with van der Waals surface area (Å²) in [5.41, 5.74) is 3.47. The van der Waals surface area contributed by atoms with Crippen molar-refractivity contribution in [2.45, 2.75) is 45.6 Å². The Kier molecular flexibility index (Phi) is 4.80. The third kappa shape index (κ3) is 3.47. The number of fused-ring (bicyclic) bond motifs is 2. The summed E-state index contributed by atoms with van der Waals surface area (Å²) in [4.78, 5) is 18.0. The van der Waals surface area contributed by atoms with Gasteiger partial charge >= 0.3 is 0 Å². The number of ether oxygens (including phenoxy) is 2. The van der Waals surface area contributed by atoms with Crippen molar-refractivity contribution in [3.8, 4) is 5.75 Å². The molecule has 0 bridgehead atoms. The smallest absolute Gasteiger partial charge is 0.211 e. The molecule has 1 aliphatic carbocycles. The van der Waals surface area contributed by atoms with E-state index in [2.05, 4.69) is 20.8 Å². The maximum atomic E-state index is 13.3. The van der Waals surface area contributed by atoms with Gasteiger partial charge in [0.25, 0.3) is 0 Å². The Morgan fingerprint density at radius 3 is 2.50 bits per heavy atom. The Bertz CT molecular complexity index is 968. The second-order valence-electron chi connectivity index (χ2n) is 7.85. The van der Waals surface area contributed by atoms with Crippen LogP contribution in [0, 0.1) is 0 Å². The highest BCUT2D eigenvalue weighted by molar-refractivity contribution is 6.54. The number of allylic oxidation sites excluding steroid dienone is 1.